The van der Waals surface area contributed by atoms with Gasteiger partial charge in [0.15, 0.2) is 23.0 Å². The molecule has 0 fully saturated rings. The van der Waals surface area contributed by atoms with E-state index in [0.29, 0.717) is 30.1 Å². The molecule has 3 rings (SSSR count). The van der Waals surface area contributed by atoms with Crippen LogP contribution in [0.1, 0.15) is 35.6 Å². The van der Waals surface area contributed by atoms with Crippen LogP contribution in [0.5, 0.6) is 23.0 Å². The third-order valence-corrected chi connectivity index (χ3v) is 5.15. The maximum absolute atomic E-state index is 12.5. The Balaban J connectivity index is 1.63. The largest absolute Gasteiger partial charge is 0.493 e. The fraction of sp³-hybridized carbons (Fsp3) is 0.409. The summed E-state index contributed by atoms with van der Waals surface area (Å²) in [4.78, 5) is 12.5. The minimum absolute atomic E-state index is 0.00714. The van der Waals surface area contributed by atoms with Crippen molar-refractivity contribution < 1.29 is 23.7 Å². The number of aryl methyl sites for hydroxylation is 2. The number of hydrogen-bond acceptors (Lipinski definition) is 5. The van der Waals surface area contributed by atoms with E-state index in [1.165, 1.54) is 5.56 Å². The van der Waals surface area contributed by atoms with Gasteiger partial charge in [0.1, 0.15) is 0 Å². The summed E-state index contributed by atoms with van der Waals surface area (Å²) < 4.78 is 21.3. The van der Waals surface area contributed by atoms with Crippen LogP contribution in [0.3, 0.4) is 0 Å². The molecule has 0 unspecified atom stereocenters. The second-order valence-electron chi connectivity index (χ2n) is 6.75. The van der Waals surface area contributed by atoms with E-state index < -0.39 is 0 Å². The molecule has 1 amide bonds. The minimum Gasteiger partial charge on any atom is -0.493 e. The molecule has 28 heavy (non-hydrogen) atoms. The molecule has 1 atom stereocenters. The summed E-state index contributed by atoms with van der Waals surface area (Å²) in [6.45, 7) is 0. The summed E-state index contributed by atoms with van der Waals surface area (Å²) in [5.41, 5.74) is 3.34. The minimum atomic E-state index is 0.00714. The number of fused-ring (bicyclic) bond motifs is 1. The summed E-state index contributed by atoms with van der Waals surface area (Å²) in [5, 5.41) is 3.15. The van der Waals surface area contributed by atoms with Crippen LogP contribution in [0, 0.1) is 0 Å². The van der Waals surface area contributed by atoms with Gasteiger partial charge in [-0.25, -0.2) is 0 Å². The van der Waals surface area contributed by atoms with Crippen LogP contribution < -0.4 is 24.3 Å². The van der Waals surface area contributed by atoms with E-state index in [2.05, 4.69) is 5.32 Å². The number of benzene rings is 2. The highest BCUT2D eigenvalue weighted by Gasteiger charge is 2.26. The lowest BCUT2D eigenvalue weighted by Crippen LogP contribution is -2.27. The van der Waals surface area contributed by atoms with Crippen molar-refractivity contribution in [3.05, 3.63) is 47.0 Å². The molecule has 0 saturated carbocycles. The number of carbonyl (C=O) groups excluding carboxylic acids is 1. The predicted molar refractivity (Wildman–Crippen MR) is 107 cm³/mol. The lowest BCUT2D eigenvalue weighted by Gasteiger charge is -2.16. The van der Waals surface area contributed by atoms with Crippen molar-refractivity contribution in [2.45, 2.75) is 31.7 Å². The molecule has 0 saturated heterocycles. The summed E-state index contributed by atoms with van der Waals surface area (Å²) in [6, 6.07) is 9.71. The molecule has 150 valence electrons. The Kier molecular flexibility index (Phi) is 6.29. The van der Waals surface area contributed by atoms with Crippen LogP contribution in [0.15, 0.2) is 30.3 Å². The third-order valence-electron chi connectivity index (χ3n) is 5.15. The molecule has 1 aliphatic carbocycles. The zero-order valence-electron chi connectivity index (χ0n) is 16.8. The molecule has 0 heterocycles. The lowest BCUT2D eigenvalue weighted by atomic mass is 10.1. The standard InChI is InChI=1S/C22H27NO5/c1-25-18-9-5-14(11-19(18)26-2)6-10-22(24)23-17-8-7-15-12-20(27-3)21(28-4)13-16(15)17/h5,9,11-13,17H,6-8,10H2,1-4H3,(H,23,24)/t17-/m0/s1. The van der Waals surface area contributed by atoms with E-state index in [0.717, 1.165) is 29.7 Å². The normalized spacial score (nSPS) is 14.9. The summed E-state index contributed by atoms with van der Waals surface area (Å²) >= 11 is 0. The Hall–Kier alpha value is -2.89. The van der Waals surface area contributed by atoms with Gasteiger partial charge in [-0.3, -0.25) is 4.79 Å². The molecule has 0 bridgehead atoms. The molecule has 1 aliphatic rings. The molecule has 1 N–H and O–H groups in total. The quantitative estimate of drug-likeness (QED) is 0.754. The maximum Gasteiger partial charge on any atom is 0.220 e. The highest BCUT2D eigenvalue weighted by Crippen LogP contribution is 2.39. The molecule has 6 heteroatoms. The SMILES string of the molecule is COc1ccc(CCC(=O)N[C@H]2CCc3cc(OC)c(OC)cc32)cc1OC. The number of carbonyl (C=O) groups is 1. The van der Waals surface area contributed by atoms with Crippen molar-refractivity contribution in [2.24, 2.45) is 0 Å². The van der Waals surface area contributed by atoms with Gasteiger partial charge >= 0.3 is 0 Å². The second-order valence-corrected chi connectivity index (χ2v) is 6.75. The Morgan fingerprint density at radius 3 is 2.25 bits per heavy atom. The average Bonchev–Trinajstić information content (AvgIpc) is 3.12. The Bertz CT molecular complexity index is 849. The van der Waals surface area contributed by atoms with E-state index in [1.54, 1.807) is 28.4 Å². The first kappa shape index (κ1) is 19.9. The Morgan fingerprint density at radius 1 is 0.929 bits per heavy atom. The number of amides is 1. The van der Waals surface area contributed by atoms with Gasteiger partial charge in [-0.15, -0.1) is 0 Å². The third kappa shape index (κ3) is 4.16. The van der Waals surface area contributed by atoms with Crippen molar-refractivity contribution in [3.8, 4) is 23.0 Å². The van der Waals surface area contributed by atoms with Crippen LogP contribution in [0.25, 0.3) is 0 Å². The molecular weight excluding hydrogens is 358 g/mol. The van der Waals surface area contributed by atoms with Gasteiger partial charge in [0, 0.05) is 6.42 Å². The number of hydrogen-bond donors (Lipinski definition) is 1. The first-order valence-electron chi connectivity index (χ1n) is 9.34. The highest BCUT2D eigenvalue weighted by atomic mass is 16.5. The number of nitrogens with one attached hydrogen (secondary N) is 1. The van der Waals surface area contributed by atoms with Crippen molar-refractivity contribution in [1.29, 1.82) is 0 Å². The fourth-order valence-electron chi connectivity index (χ4n) is 3.64. The van der Waals surface area contributed by atoms with Gasteiger partial charge in [-0.05, 0) is 60.2 Å². The zero-order valence-corrected chi connectivity index (χ0v) is 16.8. The monoisotopic (exact) mass is 385 g/mol. The van der Waals surface area contributed by atoms with E-state index in [1.807, 2.05) is 30.3 Å². The van der Waals surface area contributed by atoms with Crippen molar-refractivity contribution in [3.63, 3.8) is 0 Å². The molecule has 0 radical (unpaired) electrons. The van der Waals surface area contributed by atoms with Gasteiger partial charge < -0.3 is 24.3 Å². The van der Waals surface area contributed by atoms with Crippen molar-refractivity contribution >= 4 is 5.91 Å². The Labute approximate surface area is 165 Å². The van der Waals surface area contributed by atoms with E-state index in [9.17, 15) is 4.79 Å². The van der Waals surface area contributed by atoms with E-state index >= 15 is 0 Å². The molecule has 0 aromatic heterocycles. The van der Waals surface area contributed by atoms with Crippen LogP contribution in [0.4, 0.5) is 0 Å². The van der Waals surface area contributed by atoms with E-state index in [-0.39, 0.29) is 11.9 Å². The average molecular weight is 385 g/mol. The van der Waals surface area contributed by atoms with Crippen LogP contribution >= 0.6 is 0 Å². The van der Waals surface area contributed by atoms with Crippen LogP contribution in [0.2, 0.25) is 0 Å². The molecule has 2 aromatic rings. The van der Waals surface area contributed by atoms with Crippen LogP contribution in [-0.2, 0) is 17.6 Å². The van der Waals surface area contributed by atoms with Gasteiger partial charge in [0.25, 0.3) is 0 Å². The molecule has 0 aliphatic heterocycles. The summed E-state index contributed by atoms with van der Waals surface area (Å²) in [5.74, 6) is 2.80. The smallest absolute Gasteiger partial charge is 0.220 e. The topological polar surface area (TPSA) is 66.0 Å². The van der Waals surface area contributed by atoms with Gasteiger partial charge in [-0.2, -0.15) is 0 Å². The van der Waals surface area contributed by atoms with Gasteiger partial charge in [0.2, 0.25) is 5.91 Å². The first-order valence-corrected chi connectivity index (χ1v) is 9.34. The molecule has 6 nitrogen and oxygen atoms in total. The zero-order chi connectivity index (χ0) is 20.1. The number of ether oxygens (including phenoxy) is 4. The maximum atomic E-state index is 12.5. The van der Waals surface area contributed by atoms with Crippen molar-refractivity contribution in [1.82, 2.24) is 5.32 Å². The summed E-state index contributed by atoms with van der Waals surface area (Å²) in [6.07, 6.45) is 2.84. The van der Waals surface area contributed by atoms with E-state index in [4.69, 9.17) is 18.9 Å². The number of methoxy groups -OCH3 is 4. The number of rotatable bonds is 8. The lowest BCUT2D eigenvalue weighted by molar-refractivity contribution is -0.121. The Morgan fingerprint density at radius 2 is 1.57 bits per heavy atom. The molecule has 2 aromatic carbocycles. The first-order chi connectivity index (χ1) is 13.6. The molecule has 0 spiro atoms. The predicted octanol–water partition coefficient (Wildman–Crippen LogP) is 3.46. The highest BCUT2D eigenvalue weighted by molar-refractivity contribution is 5.77. The summed E-state index contributed by atoms with van der Waals surface area (Å²) in [7, 11) is 6.46. The van der Waals surface area contributed by atoms with Gasteiger partial charge in [-0.1, -0.05) is 6.07 Å². The fourth-order valence-corrected chi connectivity index (χ4v) is 3.64. The molecular formula is C22H27NO5. The van der Waals surface area contributed by atoms with Gasteiger partial charge in [0.05, 0.1) is 34.5 Å². The second kappa shape index (κ2) is 8.87. The van der Waals surface area contributed by atoms with Crippen molar-refractivity contribution in [2.75, 3.05) is 28.4 Å². The van der Waals surface area contributed by atoms with Crippen LogP contribution in [-0.4, -0.2) is 34.3 Å².